The first-order valence-electron chi connectivity index (χ1n) is 12.9. The van der Waals surface area contributed by atoms with Gasteiger partial charge in [-0.2, -0.15) is 0 Å². The Morgan fingerprint density at radius 3 is 1.18 bits per heavy atom. The Bertz CT molecular complexity index is 780. The van der Waals surface area contributed by atoms with Gasteiger partial charge < -0.3 is 11.5 Å². The van der Waals surface area contributed by atoms with E-state index in [2.05, 4.69) is 91.0 Å². The second-order valence-electron chi connectivity index (χ2n) is 9.27. The second kappa shape index (κ2) is 14.0. The molecule has 176 valence electrons. The first kappa shape index (κ1) is 25.2. The van der Waals surface area contributed by atoms with E-state index in [0.717, 1.165) is 13.0 Å². The molecule has 0 bridgehead atoms. The molecule has 33 heavy (non-hydrogen) atoms. The van der Waals surface area contributed by atoms with Gasteiger partial charge in [0.2, 0.25) is 0 Å². The quantitative estimate of drug-likeness (QED) is 0.193. The van der Waals surface area contributed by atoms with Gasteiger partial charge in [0.25, 0.3) is 0 Å². The van der Waals surface area contributed by atoms with Gasteiger partial charge in [0.1, 0.15) is 0 Å². The number of nitrogens with two attached hydrogens (primary N) is 2. The largest absolute Gasteiger partial charge is 0.330 e. The minimum Gasteiger partial charge on any atom is -0.330 e. The van der Waals surface area contributed by atoms with Crippen LogP contribution in [0.15, 0.2) is 91.0 Å². The van der Waals surface area contributed by atoms with E-state index in [4.69, 9.17) is 11.5 Å². The van der Waals surface area contributed by atoms with Gasteiger partial charge in [-0.25, -0.2) is 0 Å². The first-order chi connectivity index (χ1) is 16.3. The van der Waals surface area contributed by atoms with E-state index < -0.39 is 0 Å². The lowest BCUT2D eigenvalue weighted by Crippen LogP contribution is -2.47. The highest BCUT2D eigenvalue weighted by molar-refractivity contribution is 5.52. The van der Waals surface area contributed by atoms with Crippen molar-refractivity contribution in [3.8, 4) is 0 Å². The number of unbranched alkanes of at least 4 members (excludes halogenated alkanes) is 8. The highest BCUT2D eigenvalue weighted by Crippen LogP contribution is 2.42. The molecule has 0 radical (unpaired) electrons. The van der Waals surface area contributed by atoms with Crippen molar-refractivity contribution in [3.05, 3.63) is 108 Å². The standard InChI is InChI=1S/C31H42N2/c32-26-18-7-5-3-1-2-4-6-17-25-30(33)31(27-19-11-8-12-20-27,28-21-13-9-14-22-28)29-23-15-10-16-24-29/h8-16,19-24,30H,1-7,17-18,25-26,32-33H2. The third-order valence-electron chi connectivity index (χ3n) is 6.96. The van der Waals surface area contributed by atoms with E-state index in [-0.39, 0.29) is 11.5 Å². The van der Waals surface area contributed by atoms with Crippen LogP contribution >= 0.6 is 0 Å². The van der Waals surface area contributed by atoms with Gasteiger partial charge in [0.05, 0.1) is 5.41 Å². The summed E-state index contributed by atoms with van der Waals surface area (Å²) in [5.74, 6) is 0. The van der Waals surface area contributed by atoms with Crippen molar-refractivity contribution in [2.45, 2.75) is 75.7 Å². The molecule has 0 aliphatic heterocycles. The van der Waals surface area contributed by atoms with Crippen LogP contribution in [-0.2, 0) is 5.41 Å². The third kappa shape index (κ3) is 6.79. The van der Waals surface area contributed by atoms with Crippen LogP contribution in [0.4, 0.5) is 0 Å². The first-order valence-corrected chi connectivity index (χ1v) is 12.9. The molecule has 3 aromatic rings. The van der Waals surface area contributed by atoms with Crippen LogP contribution in [0.25, 0.3) is 0 Å². The lowest BCUT2D eigenvalue weighted by atomic mass is 9.64. The summed E-state index contributed by atoms with van der Waals surface area (Å²) in [5.41, 5.74) is 16.2. The molecular weight excluding hydrogens is 400 g/mol. The minimum atomic E-state index is -0.354. The zero-order valence-corrected chi connectivity index (χ0v) is 20.2. The van der Waals surface area contributed by atoms with Gasteiger partial charge in [-0.05, 0) is 36.1 Å². The van der Waals surface area contributed by atoms with E-state index in [0.29, 0.717) is 0 Å². The summed E-state index contributed by atoms with van der Waals surface area (Å²) in [6.07, 6.45) is 12.5. The molecule has 1 unspecified atom stereocenters. The van der Waals surface area contributed by atoms with E-state index in [1.54, 1.807) is 0 Å². The number of hydrogen-bond donors (Lipinski definition) is 2. The van der Waals surface area contributed by atoms with Gasteiger partial charge in [-0.1, -0.05) is 142 Å². The molecule has 2 heteroatoms. The lowest BCUT2D eigenvalue weighted by molar-refractivity contribution is 0.425. The summed E-state index contributed by atoms with van der Waals surface area (Å²) < 4.78 is 0. The fourth-order valence-electron chi connectivity index (χ4n) is 5.21. The summed E-state index contributed by atoms with van der Waals surface area (Å²) in [7, 11) is 0. The molecule has 1 atom stereocenters. The average molecular weight is 443 g/mol. The Labute approximate surface area is 201 Å². The summed E-state index contributed by atoms with van der Waals surface area (Å²) in [5, 5.41) is 0. The zero-order valence-electron chi connectivity index (χ0n) is 20.2. The Balaban J connectivity index is 1.71. The van der Waals surface area contributed by atoms with Crippen LogP contribution in [0, 0.1) is 0 Å². The zero-order chi connectivity index (χ0) is 23.2. The van der Waals surface area contributed by atoms with Gasteiger partial charge >= 0.3 is 0 Å². The normalized spacial score (nSPS) is 12.5. The molecule has 0 aliphatic rings. The molecule has 0 aromatic heterocycles. The Morgan fingerprint density at radius 1 is 0.485 bits per heavy atom. The van der Waals surface area contributed by atoms with Crippen LogP contribution in [0.5, 0.6) is 0 Å². The fraction of sp³-hybridized carbons (Fsp3) is 0.419. The van der Waals surface area contributed by atoms with E-state index in [9.17, 15) is 0 Å². The molecule has 2 nitrogen and oxygen atoms in total. The average Bonchev–Trinajstić information content (AvgIpc) is 2.88. The molecule has 0 spiro atoms. The van der Waals surface area contributed by atoms with Crippen LogP contribution in [0.3, 0.4) is 0 Å². The number of hydrogen-bond acceptors (Lipinski definition) is 2. The highest BCUT2D eigenvalue weighted by Gasteiger charge is 2.41. The lowest BCUT2D eigenvalue weighted by Gasteiger charge is -2.41. The number of rotatable bonds is 15. The Kier molecular flexibility index (Phi) is 10.7. The Morgan fingerprint density at radius 2 is 0.818 bits per heavy atom. The van der Waals surface area contributed by atoms with Crippen LogP contribution in [0.1, 0.15) is 80.9 Å². The van der Waals surface area contributed by atoms with E-state index >= 15 is 0 Å². The van der Waals surface area contributed by atoms with Gasteiger partial charge in [0.15, 0.2) is 0 Å². The molecule has 4 N–H and O–H groups in total. The minimum absolute atomic E-state index is 0.000891. The predicted octanol–water partition coefficient (Wildman–Crippen LogP) is 7.21. The van der Waals surface area contributed by atoms with Crippen LogP contribution < -0.4 is 11.5 Å². The van der Waals surface area contributed by atoms with Crippen molar-refractivity contribution >= 4 is 0 Å². The molecule has 0 amide bonds. The van der Waals surface area contributed by atoms with Crippen LogP contribution in [0.2, 0.25) is 0 Å². The van der Waals surface area contributed by atoms with Crippen molar-refractivity contribution in [1.82, 2.24) is 0 Å². The van der Waals surface area contributed by atoms with E-state index in [1.165, 1.54) is 74.5 Å². The van der Waals surface area contributed by atoms with Gasteiger partial charge in [-0.15, -0.1) is 0 Å². The maximum Gasteiger partial charge on any atom is 0.0602 e. The predicted molar refractivity (Wildman–Crippen MR) is 142 cm³/mol. The number of benzene rings is 3. The molecular formula is C31H42N2. The molecule has 0 aliphatic carbocycles. The summed E-state index contributed by atoms with van der Waals surface area (Å²) in [6.45, 7) is 0.830. The van der Waals surface area contributed by atoms with Crippen molar-refractivity contribution < 1.29 is 0 Å². The van der Waals surface area contributed by atoms with Crippen molar-refractivity contribution in [1.29, 1.82) is 0 Å². The van der Waals surface area contributed by atoms with Gasteiger partial charge in [0, 0.05) is 6.04 Å². The third-order valence-corrected chi connectivity index (χ3v) is 6.96. The summed E-state index contributed by atoms with van der Waals surface area (Å²) in [4.78, 5) is 0. The Hall–Kier alpha value is -2.42. The monoisotopic (exact) mass is 442 g/mol. The molecule has 0 fully saturated rings. The molecule has 3 rings (SSSR count). The fourth-order valence-corrected chi connectivity index (χ4v) is 5.21. The molecule has 0 heterocycles. The molecule has 0 saturated carbocycles. The second-order valence-corrected chi connectivity index (χ2v) is 9.27. The smallest absolute Gasteiger partial charge is 0.0602 e. The van der Waals surface area contributed by atoms with Crippen molar-refractivity contribution in [2.75, 3.05) is 6.54 Å². The van der Waals surface area contributed by atoms with Crippen LogP contribution in [-0.4, -0.2) is 12.6 Å². The van der Waals surface area contributed by atoms with Gasteiger partial charge in [-0.3, -0.25) is 0 Å². The van der Waals surface area contributed by atoms with Crippen molar-refractivity contribution in [2.24, 2.45) is 11.5 Å². The molecule has 3 aromatic carbocycles. The maximum absolute atomic E-state index is 7.15. The molecule has 0 saturated heterocycles. The summed E-state index contributed by atoms with van der Waals surface area (Å²) >= 11 is 0. The van der Waals surface area contributed by atoms with E-state index in [1.807, 2.05) is 0 Å². The van der Waals surface area contributed by atoms with Crippen molar-refractivity contribution in [3.63, 3.8) is 0 Å². The summed E-state index contributed by atoms with van der Waals surface area (Å²) in [6, 6.07) is 32.5. The maximum atomic E-state index is 7.15. The topological polar surface area (TPSA) is 52.0 Å². The SMILES string of the molecule is NCCCCCCCCCCCC(N)C(c1ccccc1)(c1ccccc1)c1ccccc1. The highest BCUT2D eigenvalue weighted by atomic mass is 14.7.